The summed E-state index contributed by atoms with van der Waals surface area (Å²) in [5.74, 6) is -1.84. The second-order valence-corrected chi connectivity index (χ2v) is 3.89. The standard InChI is InChI=1S/C15H12F2O3/c16-12-6-2-1-5-11(12)15(18)20-10-9-19-14-8-4-3-7-13(14)17/h1-8H,9-10H2. The molecule has 2 aromatic rings. The van der Waals surface area contributed by atoms with Gasteiger partial charge in [-0.3, -0.25) is 0 Å². The third-order valence-electron chi connectivity index (χ3n) is 2.50. The van der Waals surface area contributed by atoms with E-state index in [0.29, 0.717) is 0 Å². The third-order valence-corrected chi connectivity index (χ3v) is 2.50. The van der Waals surface area contributed by atoms with Crippen LogP contribution in [0.4, 0.5) is 8.78 Å². The Kier molecular flexibility index (Phi) is 4.65. The number of hydrogen-bond donors (Lipinski definition) is 0. The first-order chi connectivity index (χ1) is 9.68. The van der Waals surface area contributed by atoms with Gasteiger partial charge in [0.05, 0.1) is 5.56 Å². The minimum Gasteiger partial charge on any atom is -0.487 e. The monoisotopic (exact) mass is 278 g/mol. The van der Waals surface area contributed by atoms with Gasteiger partial charge in [0.2, 0.25) is 0 Å². The first-order valence-electron chi connectivity index (χ1n) is 5.97. The first kappa shape index (κ1) is 14.0. The molecule has 0 spiro atoms. The lowest BCUT2D eigenvalue weighted by Gasteiger charge is -2.08. The fraction of sp³-hybridized carbons (Fsp3) is 0.133. The first-order valence-corrected chi connectivity index (χ1v) is 5.97. The molecule has 2 aromatic carbocycles. The average Bonchev–Trinajstić information content (AvgIpc) is 2.45. The van der Waals surface area contributed by atoms with Gasteiger partial charge in [-0.2, -0.15) is 0 Å². The Morgan fingerprint density at radius 2 is 1.55 bits per heavy atom. The highest BCUT2D eigenvalue weighted by Gasteiger charge is 2.12. The van der Waals surface area contributed by atoms with E-state index in [4.69, 9.17) is 9.47 Å². The van der Waals surface area contributed by atoms with Crippen molar-refractivity contribution in [3.63, 3.8) is 0 Å². The van der Waals surface area contributed by atoms with Gasteiger partial charge < -0.3 is 9.47 Å². The molecule has 0 saturated carbocycles. The van der Waals surface area contributed by atoms with Gasteiger partial charge >= 0.3 is 5.97 Å². The van der Waals surface area contributed by atoms with E-state index in [1.54, 1.807) is 12.1 Å². The molecule has 0 bridgehead atoms. The van der Waals surface area contributed by atoms with Gasteiger partial charge in [-0.15, -0.1) is 0 Å². The predicted molar refractivity (Wildman–Crippen MR) is 68.6 cm³/mol. The van der Waals surface area contributed by atoms with Crippen molar-refractivity contribution in [2.45, 2.75) is 0 Å². The maximum Gasteiger partial charge on any atom is 0.341 e. The van der Waals surface area contributed by atoms with Crippen LogP contribution in [0.5, 0.6) is 5.75 Å². The van der Waals surface area contributed by atoms with E-state index in [2.05, 4.69) is 0 Å². The molecule has 0 unspecified atom stereocenters. The number of ether oxygens (including phenoxy) is 2. The summed E-state index contributed by atoms with van der Waals surface area (Å²) < 4.78 is 36.4. The number of hydrogen-bond acceptors (Lipinski definition) is 3. The van der Waals surface area contributed by atoms with Crippen LogP contribution in [0.1, 0.15) is 10.4 Å². The summed E-state index contributed by atoms with van der Waals surface area (Å²) in [7, 11) is 0. The second-order valence-electron chi connectivity index (χ2n) is 3.89. The van der Waals surface area contributed by atoms with Gasteiger partial charge in [-0.1, -0.05) is 24.3 Å². The van der Waals surface area contributed by atoms with Crippen LogP contribution in [0.2, 0.25) is 0 Å². The van der Waals surface area contributed by atoms with Crippen LogP contribution in [-0.4, -0.2) is 19.2 Å². The highest BCUT2D eigenvalue weighted by atomic mass is 19.1. The van der Waals surface area contributed by atoms with Gasteiger partial charge in [0.15, 0.2) is 11.6 Å². The smallest absolute Gasteiger partial charge is 0.341 e. The molecule has 0 amide bonds. The van der Waals surface area contributed by atoms with Gasteiger partial charge in [-0.05, 0) is 24.3 Å². The number of benzene rings is 2. The van der Waals surface area contributed by atoms with Crippen LogP contribution in [-0.2, 0) is 4.74 Å². The van der Waals surface area contributed by atoms with Crippen molar-refractivity contribution in [2.24, 2.45) is 0 Å². The van der Waals surface area contributed by atoms with Crippen LogP contribution >= 0.6 is 0 Å². The fourth-order valence-corrected chi connectivity index (χ4v) is 1.55. The van der Waals surface area contributed by atoms with Gasteiger partial charge in [-0.25, -0.2) is 13.6 Å². The molecule has 5 heteroatoms. The molecule has 0 aliphatic heterocycles. The van der Waals surface area contributed by atoms with E-state index in [-0.39, 0.29) is 24.5 Å². The summed E-state index contributed by atoms with van der Waals surface area (Å²) in [6.07, 6.45) is 0. The van der Waals surface area contributed by atoms with Crippen molar-refractivity contribution in [3.8, 4) is 5.75 Å². The van der Waals surface area contributed by atoms with E-state index in [0.717, 1.165) is 0 Å². The Morgan fingerprint density at radius 1 is 0.900 bits per heavy atom. The summed E-state index contributed by atoms with van der Waals surface area (Å²) in [6, 6.07) is 11.4. The summed E-state index contributed by atoms with van der Waals surface area (Å²) in [4.78, 5) is 11.6. The van der Waals surface area contributed by atoms with E-state index in [1.807, 2.05) is 0 Å². The zero-order valence-corrected chi connectivity index (χ0v) is 10.5. The Morgan fingerprint density at radius 3 is 2.25 bits per heavy atom. The van der Waals surface area contributed by atoms with Gasteiger partial charge in [0, 0.05) is 0 Å². The van der Waals surface area contributed by atoms with Crippen molar-refractivity contribution in [1.29, 1.82) is 0 Å². The van der Waals surface area contributed by atoms with E-state index < -0.39 is 17.6 Å². The Bertz CT molecular complexity index is 599. The van der Waals surface area contributed by atoms with E-state index in [1.165, 1.54) is 36.4 Å². The van der Waals surface area contributed by atoms with Crippen LogP contribution in [0.25, 0.3) is 0 Å². The molecule has 0 aliphatic carbocycles. The predicted octanol–water partition coefficient (Wildman–Crippen LogP) is 3.20. The molecule has 0 atom stereocenters. The number of halogens is 2. The molecular formula is C15H12F2O3. The van der Waals surface area contributed by atoms with Crippen molar-refractivity contribution in [1.82, 2.24) is 0 Å². The van der Waals surface area contributed by atoms with Crippen molar-refractivity contribution in [3.05, 3.63) is 65.7 Å². The summed E-state index contributed by atoms with van der Waals surface area (Å²) in [5.41, 5.74) is -0.140. The second kappa shape index (κ2) is 6.65. The lowest BCUT2D eigenvalue weighted by Crippen LogP contribution is -2.13. The zero-order valence-electron chi connectivity index (χ0n) is 10.5. The van der Waals surface area contributed by atoms with Crippen LogP contribution in [0.15, 0.2) is 48.5 Å². The molecule has 3 nitrogen and oxygen atoms in total. The molecule has 0 fully saturated rings. The number of para-hydroxylation sites is 1. The van der Waals surface area contributed by atoms with Gasteiger partial charge in [0.25, 0.3) is 0 Å². The molecule has 20 heavy (non-hydrogen) atoms. The highest BCUT2D eigenvalue weighted by Crippen LogP contribution is 2.15. The van der Waals surface area contributed by atoms with Gasteiger partial charge in [0.1, 0.15) is 19.0 Å². The molecular weight excluding hydrogens is 266 g/mol. The lowest BCUT2D eigenvalue weighted by molar-refractivity contribution is 0.0443. The van der Waals surface area contributed by atoms with Crippen molar-refractivity contribution < 1.29 is 23.0 Å². The topological polar surface area (TPSA) is 35.5 Å². The zero-order chi connectivity index (χ0) is 14.4. The molecule has 0 saturated heterocycles. The average molecular weight is 278 g/mol. The van der Waals surface area contributed by atoms with Crippen LogP contribution < -0.4 is 4.74 Å². The lowest BCUT2D eigenvalue weighted by atomic mass is 10.2. The molecule has 0 N–H and O–H groups in total. The quantitative estimate of drug-likeness (QED) is 0.622. The van der Waals surface area contributed by atoms with E-state index >= 15 is 0 Å². The maximum atomic E-state index is 13.3. The van der Waals surface area contributed by atoms with E-state index in [9.17, 15) is 13.6 Å². The van der Waals surface area contributed by atoms with Crippen molar-refractivity contribution in [2.75, 3.05) is 13.2 Å². The fourth-order valence-electron chi connectivity index (χ4n) is 1.55. The number of rotatable bonds is 5. The molecule has 0 aliphatic rings. The summed E-state index contributed by atoms with van der Waals surface area (Å²) in [5, 5.41) is 0. The summed E-state index contributed by atoms with van der Waals surface area (Å²) >= 11 is 0. The minimum absolute atomic E-state index is 0.0128. The summed E-state index contributed by atoms with van der Waals surface area (Å²) in [6.45, 7) is -0.109. The van der Waals surface area contributed by atoms with Crippen LogP contribution in [0, 0.1) is 11.6 Å². The highest BCUT2D eigenvalue weighted by molar-refractivity contribution is 5.89. The van der Waals surface area contributed by atoms with Crippen LogP contribution in [0.3, 0.4) is 0 Å². The third kappa shape index (κ3) is 3.54. The number of carbonyl (C=O) groups is 1. The number of carbonyl (C=O) groups excluding carboxylic acids is 1. The Labute approximate surface area is 114 Å². The largest absolute Gasteiger partial charge is 0.487 e. The molecule has 2 rings (SSSR count). The Balaban J connectivity index is 1.81. The Hall–Kier alpha value is -2.43. The number of esters is 1. The molecule has 0 aromatic heterocycles. The molecule has 104 valence electrons. The normalized spacial score (nSPS) is 10.1. The minimum atomic E-state index is -0.778. The SMILES string of the molecule is O=C(OCCOc1ccccc1F)c1ccccc1F. The van der Waals surface area contributed by atoms with Crippen molar-refractivity contribution >= 4 is 5.97 Å². The maximum absolute atomic E-state index is 13.3. The molecule has 0 radical (unpaired) electrons. The molecule has 0 heterocycles.